The van der Waals surface area contributed by atoms with Crippen LogP contribution in [-0.2, 0) is 9.59 Å². The van der Waals surface area contributed by atoms with Crippen molar-refractivity contribution in [1.29, 1.82) is 0 Å². The van der Waals surface area contributed by atoms with Crippen LogP contribution < -0.4 is 10.6 Å². The Hall–Kier alpha value is -2.39. The van der Waals surface area contributed by atoms with Gasteiger partial charge in [0.15, 0.2) is 5.13 Å². The summed E-state index contributed by atoms with van der Waals surface area (Å²) in [4.78, 5) is 40.7. The first kappa shape index (κ1) is 18.4. The number of benzene rings is 1. The average molecular weight is 390 g/mol. The van der Waals surface area contributed by atoms with Crippen LogP contribution in [0, 0.1) is 0 Å². The molecule has 1 aromatic carbocycles. The van der Waals surface area contributed by atoms with Crippen LogP contribution in [0.25, 0.3) is 11.3 Å². The number of aromatic nitrogens is 1. The molecule has 0 spiro atoms. The van der Waals surface area contributed by atoms with E-state index >= 15 is 0 Å². The van der Waals surface area contributed by atoms with Crippen LogP contribution >= 0.6 is 23.1 Å². The van der Waals surface area contributed by atoms with Gasteiger partial charge in [0.1, 0.15) is 0 Å². The van der Waals surface area contributed by atoms with E-state index in [0.717, 1.165) is 22.7 Å². The fourth-order valence-electron chi connectivity index (χ4n) is 2.44. The number of nitrogens with one attached hydrogen (secondary N) is 2. The number of hydrogen-bond donors (Lipinski definition) is 2. The quantitative estimate of drug-likeness (QED) is 0.790. The Balaban J connectivity index is 1.54. The van der Waals surface area contributed by atoms with E-state index in [9.17, 15) is 14.4 Å². The Bertz CT molecular complexity index is 820. The molecule has 1 aromatic heterocycles. The molecule has 26 heavy (non-hydrogen) atoms. The first-order valence-corrected chi connectivity index (χ1v) is 9.93. The summed E-state index contributed by atoms with van der Waals surface area (Å²) in [6, 6.07) is 7.34. The van der Waals surface area contributed by atoms with Gasteiger partial charge in [-0.3, -0.25) is 14.4 Å². The Morgan fingerprint density at radius 3 is 2.65 bits per heavy atom. The van der Waals surface area contributed by atoms with Gasteiger partial charge >= 0.3 is 0 Å². The summed E-state index contributed by atoms with van der Waals surface area (Å²) in [6.45, 7) is 2.59. The van der Waals surface area contributed by atoms with E-state index in [1.165, 1.54) is 30.0 Å². The van der Waals surface area contributed by atoms with Gasteiger partial charge in [0.05, 0.1) is 5.69 Å². The topological polar surface area (TPSA) is 91.4 Å². The van der Waals surface area contributed by atoms with Crippen LogP contribution in [0.1, 0.15) is 13.3 Å². The number of carbonyl (C=O) groups is 3. The molecule has 2 N–H and O–H groups in total. The van der Waals surface area contributed by atoms with Gasteiger partial charge in [-0.15, -0.1) is 11.3 Å². The normalized spacial score (nSPS) is 13.7. The highest BCUT2D eigenvalue weighted by Gasteiger charge is 2.21. The van der Waals surface area contributed by atoms with Gasteiger partial charge in [-0.1, -0.05) is 23.9 Å². The lowest BCUT2D eigenvalue weighted by Crippen LogP contribution is -2.27. The summed E-state index contributed by atoms with van der Waals surface area (Å²) in [5.74, 6) is 0.513. The Labute approximate surface area is 159 Å². The molecule has 9 heteroatoms. The summed E-state index contributed by atoms with van der Waals surface area (Å²) in [7, 11) is 0. The van der Waals surface area contributed by atoms with Crippen LogP contribution in [0.4, 0.5) is 15.6 Å². The molecule has 3 amide bonds. The number of anilines is 2. The Kier molecular flexibility index (Phi) is 5.89. The van der Waals surface area contributed by atoms with E-state index in [2.05, 4.69) is 15.6 Å². The lowest BCUT2D eigenvalue weighted by Gasteiger charge is -2.13. The smallest absolute Gasteiger partial charge is 0.281 e. The molecule has 2 heterocycles. The molecule has 0 bridgehead atoms. The van der Waals surface area contributed by atoms with Crippen LogP contribution in [0.5, 0.6) is 0 Å². The highest BCUT2D eigenvalue weighted by molar-refractivity contribution is 8.13. The van der Waals surface area contributed by atoms with Gasteiger partial charge in [0.2, 0.25) is 11.8 Å². The molecule has 2 aromatic rings. The monoisotopic (exact) mass is 390 g/mol. The molecule has 0 unspecified atom stereocenters. The van der Waals surface area contributed by atoms with Crippen molar-refractivity contribution < 1.29 is 14.4 Å². The summed E-state index contributed by atoms with van der Waals surface area (Å²) >= 11 is 2.64. The van der Waals surface area contributed by atoms with E-state index in [0.29, 0.717) is 18.2 Å². The third-order valence-electron chi connectivity index (χ3n) is 3.71. The van der Waals surface area contributed by atoms with Crippen molar-refractivity contribution in [1.82, 2.24) is 9.88 Å². The fraction of sp³-hybridized carbons (Fsp3) is 0.294. The van der Waals surface area contributed by atoms with Gasteiger partial charge in [-0.25, -0.2) is 4.98 Å². The highest BCUT2D eigenvalue weighted by atomic mass is 32.2. The maximum Gasteiger partial charge on any atom is 0.281 e. The first-order valence-electron chi connectivity index (χ1n) is 8.06. The minimum atomic E-state index is -0.156. The predicted octanol–water partition coefficient (Wildman–Crippen LogP) is 3.27. The number of thiazole rings is 1. The number of rotatable bonds is 6. The van der Waals surface area contributed by atoms with Gasteiger partial charge in [-0.05, 0) is 12.1 Å². The summed E-state index contributed by atoms with van der Waals surface area (Å²) in [5, 5.41) is 7.92. The molecule has 7 nitrogen and oxygen atoms in total. The maximum atomic E-state index is 12.0. The van der Waals surface area contributed by atoms with Crippen LogP contribution in [0.15, 0.2) is 29.6 Å². The van der Waals surface area contributed by atoms with Crippen molar-refractivity contribution in [3.63, 3.8) is 0 Å². The third-order valence-corrected chi connectivity index (χ3v) is 5.35. The largest absolute Gasteiger partial charge is 0.332 e. The van der Waals surface area contributed by atoms with Gasteiger partial charge in [0.25, 0.3) is 5.24 Å². The van der Waals surface area contributed by atoms with E-state index in [-0.39, 0.29) is 23.5 Å². The zero-order valence-electron chi connectivity index (χ0n) is 14.2. The first-order chi connectivity index (χ1) is 12.5. The SMILES string of the molecule is CC(=O)Nc1ccc(-c2csc(NC(=O)CCN3CCSC3=O)n2)cc1. The third kappa shape index (κ3) is 4.83. The predicted molar refractivity (Wildman–Crippen MR) is 105 cm³/mol. The summed E-state index contributed by atoms with van der Waals surface area (Å²) in [6.07, 6.45) is 0.257. The maximum absolute atomic E-state index is 12.0. The summed E-state index contributed by atoms with van der Waals surface area (Å²) < 4.78 is 0. The van der Waals surface area contributed by atoms with Crippen molar-refractivity contribution in [2.45, 2.75) is 13.3 Å². The zero-order valence-corrected chi connectivity index (χ0v) is 15.8. The number of hydrogen-bond acceptors (Lipinski definition) is 6. The molecular weight excluding hydrogens is 372 g/mol. The second-order valence-corrected chi connectivity index (χ2v) is 7.60. The highest BCUT2D eigenvalue weighted by Crippen LogP contribution is 2.26. The minimum Gasteiger partial charge on any atom is -0.332 e. The van der Waals surface area contributed by atoms with E-state index < -0.39 is 0 Å². The summed E-state index contributed by atoms with van der Waals surface area (Å²) in [5.41, 5.74) is 2.38. The van der Waals surface area contributed by atoms with Gasteiger partial charge in [0, 0.05) is 48.8 Å². The van der Waals surface area contributed by atoms with Crippen molar-refractivity contribution in [3.8, 4) is 11.3 Å². The molecular formula is C17H18N4O3S2. The second-order valence-electron chi connectivity index (χ2n) is 5.70. The lowest BCUT2D eigenvalue weighted by molar-refractivity contribution is -0.116. The molecule has 1 aliphatic heterocycles. The van der Waals surface area contributed by atoms with Crippen molar-refractivity contribution in [2.24, 2.45) is 0 Å². The zero-order chi connectivity index (χ0) is 18.5. The van der Waals surface area contributed by atoms with Gasteiger partial charge < -0.3 is 15.5 Å². The molecule has 0 atom stereocenters. The number of nitrogens with zero attached hydrogens (tertiary/aromatic N) is 2. The molecule has 1 fully saturated rings. The molecule has 3 rings (SSSR count). The van der Waals surface area contributed by atoms with E-state index in [1.54, 1.807) is 17.0 Å². The van der Waals surface area contributed by atoms with Crippen molar-refractivity contribution in [3.05, 3.63) is 29.6 Å². The van der Waals surface area contributed by atoms with Crippen LogP contribution in [0.3, 0.4) is 0 Å². The minimum absolute atomic E-state index is 0.0389. The number of carbonyl (C=O) groups excluding carboxylic acids is 3. The Morgan fingerprint density at radius 2 is 2.00 bits per heavy atom. The second kappa shape index (κ2) is 8.33. The van der Waals surface area contributed by atoms with E-state index in [1.807, 2.05) is 17.5 Å². The molecule has 136 valence electrons. The van der Waals surface area contributed by atoms with Crippen LogP contribution in [-0.4, -0.2) is 45.8 Å². The molecule has 0 aliphatic carbocycles. The van der Waals surface area contributed by atoms with Gasteiger partial charge in [-0.2, -0.15) is 0 Å². The molecule has 0 radical (unpaired) electrons. The molecule has 0 saturated carbocycles. The standard InChI is InChI=1S/C17H18N4O3S2/c1-11(22)18-13-4-2-12(3-5-13)14-10-26-16(19-14)20-15(23)6-7-21-8-9-25-17(21)24/h2-5,10H,6-9H2,1H3,(H,18,22)(H,19,20,23). The molecule has 1 aliphatic rings. The number of thioether (sulfide) groups is 1. The van der Waals surface area contributed by atoms with Crippen molar-refractivity contribution in [2.75, 3.05) is 29.5 Å². The van der Waals surface area contributed by atoms with Crippen molar-refractivity contribution >= 4 is 51.0 Å². The van der Waals surface area contributed by atoms with Crippen LogP contribution in [0.2, 0.25) is 0 Å². The molecule has 1 saturated heterocycles. The Morgan fingerprint density at radius 1 is 1.23 bits per heavy atom. The fourth-order valence-corrected chi connectivity index (χ4v) is 4.03. The average Bonchev–Trinajstić information content (AvgIpc) is 3.22. The lowest BCUT2D eigenvalue weighted by atomic mass is 10.1. The van der Waals surface area contributed by atoms with E-state index in [4.69, 9.17) is 0 Å². The number of amides is 3.